The average molecular weight is 218 g/mol. The summed E-state index contributed by atoms with van der Waals surface area (Å²) in [4.78, 5) is 11.5. The van der Waals surface area contributed by atoms with Crippen molar-refractivity contribution in [3.8, 4) is 11.2 Å². The van der Waals surface area contributed by atoms with E-state index >= 15 is 0 Å². The lowest BCUT2D eigenvalue weighted by Gasteiger charge is -2.11. The fourth-order valence-corrected chi connectivity index (χ4v) is 1.71. The molecule has 0 saturated heterocycles. The van der Waals surface area contributed by atoms with Gasteiger partial charge in [0.25, 0.3) is 0 Å². The standard InChI is InChI=1S/C13H14OS/c1-13(2,8-10-14)9-11-15-12-6-4-3-5-7-12/h3-7,10H,8H2,1-2H3. The first-order valence-electron chi connectivity index (χ1n) is 4.82. The van der Waals surface area contributed by atoms with Crippen molar-refractivity contribution in [2.45, 2.75) is 25.2 Å². The third kappa shape index (κ3) is 4.71. The Kier molecular flexibility index (Phi) is 4.45. The number of carbonyl (C=O) groups is 1. The third-order valence-corrected chi connectivity index (χ3v) is 2.61. The first kappa shape index (κ1) is 11.9. The fraction of sp³-hybridized carbons (Fsp3) is 0.308. The van der Waals surface area contributed by atoms with E-state index in [1.165, 1.54) is 11.8 Å². The molecule has 0 spiro atoms. The first-order chi connectivity index (χ1) is 7.14. The van der Waals surface area contributed by atoms with Crippen LogP contribution in [0.5, 0.6) is 0 Å². The van der Waals surface area contributed by atoms with Crippen LogP contribution in [0.15, 0.2) is 35.2 Å². The molecule has 0 aliphatic rings. The molecule has 78 valence electrons. The summed E-state index contributed by atoms with van der Waals surface area (Å²) >= 11 is 1.50. The van der Waals surface area contributed by atoms with Crippen LogP contribution in [0.25, 0.3) is 0 Å². The van der Waals surface area contributed by atoms with E-state index in [-0.39, 0.29) is 5.41 Å². The van der Waals surface area contributed by atoms with E-state index in [4.69, 9.17) is 0 Å². The van der Waals surface area contributed by atoms with Crippen molar-refractivity contribution in [2.75, 3.05) is 0 Å². The highest BCUT2D eigenvalue weighted by Crippen LogP contribution is 2.20. The number of hydrogen-bond acceptors (Lipinski definition) is 2. The Morgan fingerprint density at radius 1 is 1.33 bits per heavy atom. The molecule has 0 amide bonds. The van der Waals surface area contributed by atoms with Gasteiger partial charge in [-0.2, -0.15) is 0 Å². The van der Waals surface area contributed by atoms with E-state index < -0.39 is 0 Å². The maximum atomic E-state index is 10.4. The van der Waals surface area contributed by atoms with Crippen LogP contribution in [0.2, 0.25) is 0 Å². The highest BCUT2D eigenvalue weighted by molar-refractivity contribution is 8.03. The lowest BCUT2D eigenvalue weighted by molar-refractivity contribution is -0.108. The normalized spacial score (nSPS) is 10.3. The number of carbonyl (C=O) groups excluding carboxylic acids is 1. The zero-order valence-corrected chi connectivity index (χ0v) is 9.80. The minimum absolute atomic E-state index is 0.219. The lowest BCUT2D eigenvalue weighted by Crippen LogP contribution is -2.07. The molecule has 2 heteroatoms. The molecule has 0 aliphatic heterocycles. The maximum Gasteiger partial charge on any atom is 0.121 e. The highest BCUT2D eigenvalue weighted by Gasteiger charge is 2.12. The molecule has 1 rings (SSSR count). The Labute approximate surface area is 95.3 Å². The molecule has 0 atom stereocenters. The van der Waals surface area contributed by atoms with E-state index in [9.17, 15) is 4.79 Å². The Hall–Kier alpha value is -1.20. The molecule has 15 heavy (non-hydrogen) atoms. The van der Waals surface area contributed by atoms with Crippen molar-refractivity contribution in [1.82, 2.24) is 0 Å². The number of hydrogen-bond donors (Lipinski definition) is 0. The number of aldehydes is 1. The zero-order valence-electron chi connectivity index (χ0n) is 8.99. The molecular formula is C13H14OS. The Balaban J connectivity index is 2.57. The quantitative estimate of drug-likeness (QED) is 0.439. The molecule has 1 aromatic rings. The van der Waals surface area contributed by atoms with Gasteiger partial charge in [-0.3, -0.25) is 0 Å². The fourth-order valence-electron chi connectivity index (χ4n) is 0.970. The molecule has 0 bridgehead atoms. The first-order valence-corrected chi connectivity index (χ1v) is 5.63. The van der Waals surface area contributed by atoms with Crippen molar-refractivity contribution < 1.29 is 4.79 Å². The lowest BCUT2D eigenvalue weighted by atomic mass is 9.92. The van der Waals surface area contributed by atoms with Gasteiger partial charge in [0.05, 0.1) is 0 Å². The van der Waals surface area contributed by atoms with Crippen molar-refractivity contribution in [3.63, 3.8) is 0 Å². The third-order valence-electron chi connectivity index (χ3n) is 1.90. The van der Waals surface area contributed by atoms with Gasteiger partial charge in [-0.25, -0.2) is 0 Å². The zero-order chi connectivity index (χ0) is 11.1. The summed E-state index contributed by atoms with van der Waals surface area (Å²) in [5.41, 5.74) is -0.219. The molecule has 0 radical (unpaired) electrons. The second-order valence-electron chi connectivity index (χ2n) is 3.90. The van der Waals surface area contributed by atoms with Gasteiger partial charge in [0, 0.05) is 16.7 Å². The van der Waals surface area contributed by atoms with Crippen LogP contribution in [-0.2, 0) is 4.79 Å². The summed E-state index contributed by atoms with van der Waals surface area (Å²) in [6.07, 6.45) is 1.40. The van der Waals surface area contributed by atoms with Gasteiger partial charge < -0.3 is 4.79 Å². The van der Waals surface area contributed by atoms with Gasteiger partial charge in [0.1, 0.15) is 6.29 Å². The topological polar surface area (TPSA) is 17.1 Å². The highest BCUT2D eigenvalue weighted by atomic mass is 32.2. The molecule has 0 aromatic heterocycles. The molecule has 0 aliphatic carbocycles. The van der Waals surface area contributed by atoms with Crippen LogP contribution in [0.4, 0.5) is 0 Å². The largest absolute Gasteiger partial charge is 0.303 e. The van der Waals surface area contributed by atoms with Crippen LogP contribution in [-0.4, -0.2) is 6.29 Å². The van der Waals surface area contributed by atoms with Crippen molar-refractivity contribution >= 4 is 18.0 Å². The molecule has 0 heterocycles. The van der Waals surface area contributed by atoms with Crippen molar-refractivity contribution in [3.05, 3.63) is 30.3 Å². The molecule has 0 saturated carbocycles. The Bertz CT molecular complexity index is 371. The second kappa shape index (κ2) is 5.63. The van der Waals surface area contributed by atoms with Crippen LogP contribution >= 0.6 is 11.8 Å². The van der Waals surface area contributed by atoms with Crippen LogP contribution in [0.1, 0.15) is 20.3 Å². The van der Waals surface area contributed by atoms with E-state index in [0.29, 0.717) is 6.42 Å². The van der Waals surface area contributed by atoms with Gasteiger partial charge in [0.2, 0.25) is 0 Å². The van der Waals surface area contributed by atoms with E-state index in [2.05, 4.69) is 11.2 Å². The van der Waals surface area contributed by atoms with E-state index in [0.717, 1.165) is 11.2 Å². The summed E-state index contributed by atoms with van der Waals surface area (Å²) in [5.74, 6) is 3.09. The molecular weight excluding hydrogens is 204 g/mol. The van der Waals surface area contributed by atoms with Crippen LogP contribution in [0, 0.1) is 16.6 Å². The Morgan fingerprint density at radius 3 is 2.60 bits per heavy atom. The van der Waals surface area contributed by atoms with Gasteiger partial charge >= 0.3 is 0 Å². The molecule has 1 aromatic carbocycles. The summed E-state index contributed by atoms with van der Waals surface area (Å²) < 4.78 is 0. The second-order valence-corrected chi connectivity index (χ2v) is 4.78. The molecule has 0 unspecified atom stereocenters. The average Bonchev–Trinajstić information content (AvgIpc) is 2.19. The SMILES string of the molecule is CC(C)(C#CSc1ccccc1)CC=O. The summed E-state index contributed by atoms with van der Waals surface area (Å²) in [6.45, 7) is 3.94. The number of rotatable bonds is 3. The summed E-state index contributed by atoms with van der Waals surface area (Å²) in [6, 6.07) is 9.99. The smallest absolute Gasteiger partial charge is 0.121 e. The van der Waals surface area contributed by atoms with Crippen molar-refractivity contribution in [1.29, 1.82) is 0 Å². The number of benzene rings is 1. The molecule has 1 nitrogen and oxygen atoms in total. The van der Waals surface area contributed by atoms with Gasteiger partial charge in [-0.05, 0) is 43.0 Å². The molecule has 0 N–H and O–H groups in total. The minimum atomic E-state index is -0.219. The summed E-state index contributed by atoms with van der Waals surface area (Å²) in [7, 11) is 0. The Morgan fingerprint density at radius 2 is 2.00 bits per heavy atom. The summed E-state index contributed by atoms with van der Waals surface area (Å²) in [5, 5.41) is 3.03. The van der Waals surface area contributed by atoms with E-state index in [1.807, 2.05) is 44.2 Å². The van der Waals surface area contributed by atoms with Gasteiger partial charge in [0.15, 0.2) is 0 Å². The number of thioether (sulfide) groups is 1. The maximum absolute atomic E-state index is 10.4. The van der Waals surface area contributed by atoms with Crippen LogP contribution < -0.4 is 0 Å². The van der Waals surface area contributed by atoms with Crippen LogP contribution in [0.3, 0.4) is 0 Å². The van der Waals surface area contributed by atoms with Gasteiger partial charge in [-0.15, -0.1) is 0 Å². The van der Waals surface area contributed by atoms with Gasteiger partial charge in [-0.1, -0.05) is 24.1 Å². The minimum Gasteiger partial charge on any atom is -0.303 e. The predicted octanol–water partition coefficient (Wildman–Crippen LogP) is 3.35. The monoisotopic (exact) mass is 218 g/mol. The van der Waals surface area contributed by atoms with Crippen molar-refractivity contribution in [2.24, 2.45) is 5.41 Å². The predicted molar refractivity (Wildman–Crippen MR) is 64.5 cm³/mol. The molecule has 0 fully saturated rings. The van der Waals surface area contributed by atoms with E-state index in [1.54, 1.807) is 0 Å².